The molecule has 2 heterocycles. The first-order chi connectivity index (χ1) is 11.4. The number of anilines is 2. The van der Waals surface area contributed by atoms with Gasteiger partial charge in [-0.15, -0.1) is 5.10 Å². The summed E-state index contributed by atoms with van der Waals surface area (Å²) in [4.78, 5) is 4.16. The lowest BCUT2D eigenvalue weighted by Gasteiger charge is -2.08. The topological polar surface area (TPSA) is 75.2 Å². The molecular weight excluding hydrogens is 323 g/mol. The van der Waals surface area contributed by atoms with E-state index in [0.717, 1.165) is 0 Å². The minimum absolute atomic E-state index is 0.0381. The van der Waals surface area contributed by atoms with Crippen LogP contribution in [0.15, 0.2) is 42.6 Å². The van der Waals surface area contributed by atoms with Crippen molar-refractivity contribution in [1.82, 2.24) is 14.6 Å². The number of fused-ring (bicyclic) bond motifs is 1. The minimum atomic E-state index is -4.41. The van der Waals surface area contributed by atoms with E-state index in [4.69, 9.17) is 5.26 Å². The quantitative estimate of drug-likeness (QED) is 0.793. The van der Waals surface area contributed by atoms with E-state index in [1.165, 1.54) is 22.8 Å². The summed E-state index contributed by atoms with van der Waals surface area (Å²) in [6.45, 7) is -1.38. The molecule has 0 fully saturated rings. The van der Waals surface area contributed by atoms with Gasteiger partial charge in [0.1, 0.15) is 11.8 Å². The predicted octanol–water partition coefficient (Wildman–Crippen LogP) is 3.29. The molecule has 0 bridgehead atoms. The highest BCUT2D eigenvalue weighted by atomic mass is 19.4. The number of alkyl halides is 3. The third-order valence-electron chi connectivity index (χ3n) is 3.01. The standard InChI is InChI=1S/C15H10F3N5O/c16-15(17,18)9-24-11-5-6-23-13(7-11)21-14(22-23)20-12-4-2-1-3-10(12)8-19/h1-7H,9H2,(H,20,22). The molecule has 0 aliphatic carbocycles. The molecule has 0 unspecified atom stereocenters. The van der Waals surface area contributed by atoms with E-state index < -0.39 is 12.8 Å². The first-order valence-electron chi connectivity index (χ1n) is 6.77. The number of benzene rings is 1. The number of nitrogens with zero attached hydrogens (tertiary/aromatic N) is 4. The summed E-state index contributed by atoms with van der Waals surface area (Å²) in [5, 5.41) is 16.1. The molecule has 0 aliphatic rings. The molecule has 3 aromatic rings. The number of hydrogen-bond acceptors (Lipinski definition) is 5. The van der Waals surface area contributed by atoms with Gasteiger partial charge < -0.3 is 10.1 Å². The summed E-state index contributed by atoms with van der Waals surface area (Å²) in [5.74, 6) is 0.252. The number of pyridine rings is 1. The molecule has 0 saturated carbocycles. The smallest absolute Gasteiger partial charge is 0.422 e. The van der Waals surface area contributed by atoms with E-state index in [0.29, 0.717) is 16.9 Å². The third kappa shape index (κ3) is 3.55. The summed E-state index contributed by atoms with van der Waals surface area (Å²) in [7, 11) is 0. The van der Waals surface area contributed by atoms with Crippen LogP contribution in [0.25, 0.3) is 5.65 Å². The van der Waals surface area contributed by atoms with E-state index in [-0.39, 0.29) is 11.7 Å². The number of ether oxygens (including phenoxy) is 1. The van der Waals surface area contributed by atoms with Crippen LogP contribution in [0.2, 0.25) is 0 Å². The fraction of sp³-hybridized carbons (Fsp3) is 0.133. The first-order valence-corrected chi connectivity index (χ1v) is 6.77. The number of halogens is 3. The van der Waals surface area contributed by atoms with Gasteiger partial charge in [-0.1, -0.05) is 12.1 Å². The summed E-state index contributed by atoms with van der Waals surface area (Å²) in [6.07, 6.45) is -2.97. The zero-order chi connectivity index (χ0) is 17.2. The van der Waals surface area contributed by atoms with Crippen molar-refractivity contribution in [2.24, 2.45) is 0 Å². The maximum absolute atomic E-state index is 12.2. The fourth-order valence-electron chi connectivity index (χ4n) is 1.98. The van der Waals surface area contributed by atoms with E-state index in [1.807, 2.05) is 6.07 Å². The van der Waals surface area contributed by atoms with E-state index in [1.54, 1.807) is 24.3 Å². The van der Waals surface area contributed by atoms with Gasteiger partial charge in [-0.2, -0.15) is 23.4 Å². The van der Waals surface area contributed by atoms with Gasteiger partial charge in [-0.25, -0.2) is 4.52 Å². The van der Waals surface area contributed by atoms with Gasteiger partial charge in [0.05, 0.1) is 11.3 Å². The molecular formula is C15H10F3N5O. The Morgan fingerprint density at radius 1 is 1.25 bits per heavy atom. The van der Waals surface area contributed by atoms with Crippen LogP contribution in [0.4, 0.5) is 24.8 Å². The van der Waals surface area contributed by atoms with Crippen molar-refractivity contribution < 1.29 is 17.9 Å². The molecule has 2 aromatic heterocycles. The van der Waals surface area contributed by atoms with Crippen LogP contribution >= 0.6 is 0 Å². The number of hydrogen-bond donors (Lipinski definition) is 1. The van der Waals surface area contributed by atoms with E-state index in [9.17, 15) is 13.2 Å². The van der Waals surface area contributed by atoms with Crippen molar-refractivity contribution in [3.8, 4) is 11.8 Å². The Morgan fingerprint density at radius 2 is 2.04 bits per heavy atom. The highest BCUT2D eigenvalue weighted by Crippen LogP contribution is 2.21. The third-order valence-corrected chi connectivity index (χ3v) is 3.01. The van der Waals surface area contributed by atoms with Gasteiger partial charge in [0.15, 0.2) is 12.3 Å². The van der Waals surface area contributed by atoms with Crippen LogP contribution in [0.1, 0.15) is 5.56 Å². The molecule has 122 valence electrons. The largest absolute Gasteiger partial charge is 0.484 e. The SMILES string of the molecule is N#Cc1ccccc1Nc1nc2cc(OCC(F)(F)F)ccn2n1. The van der Waals surface area contributed by atoms with E-state index in [2.05, 4.69) is 20.1 Å². The Kier molecular flexibility index (Phi) is 3.95. The van der Waals surface area contributed by atoms with E-state index >= 15 is 0 Å². The highest BCUT2D eigenvalue weighted by molar-refractivity contribution is 5.63. The van der Waals surface area contributed by atoms with Crippen molar-refractivity contribution >= 4 is 17.3 Å². The first kappa shape index (κ1) is 15.6. The van der Waals surface area contributed by atoms with Crippen molar-refractivity contribution in [1.29, 1.82) is 5.26 Å². The molecule has 0 atom stereocenters. The molecule has 6 nitrogen and oxygen atoms in total. The monoisotopic (exact) mass is 333 g/mol. The molecule has 1 N–H and O–H groups in total. The second-order valence-electron chi connectivity index (χ2n) is 4.79. The lowest BCUT2D eigenvalue weighted by atomic mass is 10.2. The summed E-state index contributed by atoms with van der Waals surface area (Å²) >= 11 is 0. The van der Waals surface area contributed by atoms with Gasteiger partial charge in [-0.05, 0) is 18.2 Å². The highest BCUT2D eigenvalue weighted by Gasteiger charge is 2.28. The van der Waals surface area contributed by atoms with Gasteiger partial charge in [0.25, 0.3) is 0 Å². The number of rotatable bonds is 4. The molecule has 0 amide bonds. The van der Waals surface area contributed by atoms with Crippen molar-refractivity contribution in [2.75, 3.05) is 11.9 Å². The molecule has 0 radical (unpaired) electrons. The van der Waals surface area contributed by atoms with Gasteiger partial charge in [0.2, 0.25) is 5.95 Å². The molecule has 1 aromatic carbocycles. The number of para-hydroxylation sites is 1. The van der Waals surface area contributed by atoms with Crippen molar-refractivity contribution in [3.63, 3.8) is 0 Å². The molecule has 9 heteroatoms. The van der Waals surface area contributed by atoms with Crippen LogP contribution in [-0.2, 0) is 0 Å². The van der Waals surface area contributed by atoms with Gasteiger partial charge >= 0.3 is 6.18 Å². The number of nitriles is 1. The number of aromatic nitrogens is 3. The predicted molar refractivity (Wildman–Crippen MR) is 79.0 cm³/mol. The van der Waals surface area contributed by atoms with Crippen LogP contribution in [0, 0.1) is 11.3 Å². The Hall–Kier alpha value is -3.28. The molecule has 0 saturated heterocycles. The van der Waals surface area contributed by atoms with Gasteiger partial charge in [0, 0.05) is 12.3 Å². The second-order valence-corrected chi connectivity index (χ2v) is 4.79. The minimum Gasteiger partial charge on any atom is -0.484 e. The maximum Gasteiger partial charge on any atom is 0.422 e. The van der Waals surface area contributed by atoms with Crippen molar-refractivity contribution in [2.45, 2.75) is 6.18 Å². The zero-order valence-corrected chi connectivity index (χ0v) is 12.1. The average molecular weight is 333 g/mol. The van der Waals surface area contributed by atoms with Crippen LogP contribution in [0.3, 0.4) is 0 Å². The number of nitrogens with one attached hydrogen (secondary N) is 1. The molecule has 24 heavy (non-hydrogen) atoms. The molecule has 3 rings (SSSR count). The Bertz CT molecular complexity index is 913. The average Bonchev–Trinajstić information content (AvgIpc) is 2.94. The van der Waals surface area contributed by atoms with Crippen LogP contribution in [-0.4, -0.2) is 27.4 Å². The molecule has 0 aliphatic heterocycles. The maximum atomic E-state index is 12.2. The van der Waals surface area contributed by atoms with Crippen LogP contribution < -0.4 is 10.1 Å². The summed E-state index contributed by atoms with van der Waals surface area (Å²) in [6, 6.07) is 11.6. The summed E-state index contributed by atoms with van der Waals surface area (Å²) in [5.41, 5.74) is 1.27. The second kappa shape index (κ2) is 6.08. The van der Waals surface area contributed by atoms with Gasteiger partial charge in [-0.3, -0.25) is 0 Å². The van der Waals surface area contributed by atoms with Crippen molar-refractivity contribution in [3.05, 3.63) is 48.2 Å². The Balaban J connectivity index is 1.82. The zero-order valence-electron chi connectivity index (χ0n) is 12.1. The normalized spacial score (nSPS) is 11.2. The molecule has 0 spiro atoms. The van der Waals surface area contributed by atoms with Crippen LogP contribution in [0.5, 0.6) is 5.75 Å². The Morgan fingerprint density at radius 3 is 2.79 bits per heavy atom. The lowest BCUT2D eigenvalue weighted by Crippen LogP contribution is -2.19. The fourth-order valence-corrected chi connectivity index (χ4v) is 1.98. The Labute approximate surface area is 134 Å². The summed E-state index contributed by atoms with van der Waals surface area (Å²) < 4.78 is 42.6. The lowest BCUT2D eigenvalue weighted by molar-refractivity contribution is -0.153.